The fourth-order valence-corrected chi connectivity index (χ4v) is 1.52. The molecular formula is C11H17NO3. The number of rotatable bonds is 5. The molecule has 0 aliphatic rings. The van der Waals surface area contributed by atoms with Gasteiger partial charge in [0.05, 0.1) is 20.8 Å². The summed E-state index contributed by atoms with van der Waals surface area (Å²) < 4.78 is 10.5. The molecule has 1 aromatic rings. The Bertz CT molecular complexity index is 326. The van der Waals surface area contributed by atoms with Crippen molar-refractivity contribution in [2.24, 2.45) is 5.90 Å². The van der Waals surface area contributed by atoms with Gasteiger partial charge in [-0.3, -0.25) is 4.84 Å². The molecule has 0 spiro atoms. The Labute approximate surface area is 89.9 Å². The predicted octanol–water partition coefficient (Wildman–Crippen LogP) is 1.66. The summed E-state index contributed by atoms with van der Waals surface area (Å²) in [5.74, 6) is 6.62. The Hall–Kier alpha value is -1.26. The van der Waals surface area contributed by atoms with Crippen LogP contribution in [0.5, 0.6) is 11.5 Å². The molecule has 0 aliphatic heterocycles. The SMILES string of the molecule is CCc1cc(CON)c(OC)cc1OC. The highest BCUT2D eigenvalue weighted by atomic mass is 16.6. The van der Waals surface area contributed by atoms with Gasteiger partial charge in [0, 0.05) is 11.6 Å². The first-order valence-corrected chi connectivity index (χ1v) is 4.82. The van der Waals surface area contributed by atoms with E-state index in [0.717, 1.165) is 29.0 Å². The quantitative estimate of drug-likeness (QED) is 0.752. The third-order valence-electron chi connectivity index (χ3n) is 2.30. The van der Waals surface area contributed by atoms with Crippen molar-refractivity contribution in [2.75, 3.05) is 14.2 Å². The van der Waals surface area contributed by atoms with Gasteiger partial charge < -0.3 is 9.47 Å². The maximum atomic E-state index is 5.26. The largest absolute Gasteiger partial charge is 0.496 e. The van der Waals surface area contributed by atoms with E-state index in [-0.39, 0.29) is 0 Å². The fourth-order valence-electron chi connectivity index (χ4n) is 1.52. The van der Waals surface area contributed by atoms with Gasteiger partial charge in [-0.25, -0.2) is 5.90 Å². The first kappa shape index (κ1) is 11.8. The van der Waals surface area contributed by atoms with Crippen molar-refractivity contribution in [3.8, 4) is 11.5 Å². The van der Waals surface area contributed by atoms with Gasteiger partial charge in [0.15, 0.2) is 0 Å². The van der Waals surface area contributed by atoms with Gasteiger partial charge in [0.2, 0.25) is 0 Å². The summed E-state index contributed by atoms with van der Waals surface area (Å²) in [5.41, 5.74) is 2.04. The standard InChI is InChI=1S/C11H17NO3/c1-4-8-5-9(7-15-12)11(14-3)6-10(8)13-2/h5-6H,4,7,12H2,1-3H3. The molecule has 15 heavy (non-hydrogen) atoms. The molecule has 0 radical (unpaired) electrons. The lowest BCUT2D eigenvalue weighted by Crippen LogP contribution is -2.03. The van der Waals surface area contributed by atoms with Crippen LogP contribution in [0.15, 0.2) is 12.1 Å². The fraction of sp³-hybridized carbons (Fsp3) is 0.455. The molecule has 84 valence electrons. The monoisotopic (exact) mass is 211 g/mol. The average molecular weight is 211 g/mol. The Morgan fingerprint density at radius 3 is 2.13 bits per heavy atom. The molecule has 0 fully saturated rings. The van der Waals surface area contributed by atoms with E-state index in [9.17, 15) is 0 Å². The minimum Gasteiger partial charge on any atom is -0.496 e. The second kappa shape index (κ2) is 5.58. The summed E-state index contributed by atoms with van der Waals surface area (Å²) in [6, 6.07) is 3.84. The van der Waals surface area contributed by atoms with Crippen molar-refractivity contribution in [3.63, 3.8) is 0 Å². The number of nitrogens with two attached hydrogens (primary N) is 1. The molecule has 0 bridgehead atoms. The van der Waals surface area contributed by atoms with Crippen molar-refractivity contribution < 1.29 is 14.3 Å². The normalized spacial score (nSPS) is 10.1. The van der Waals surface area contributed by atoms with E-state index in [1.54, 1.807) is 14.2 Å². The summed E-state index contributed by atoms with van der Waals surface area (Å²) in [5, 5.41) is 0. The first-order chi connectivity index (χ1) is 7.26. The molecule has 4 nitrogen and oxygen atoms in total. The Morgan fingerprint density at radius 2 is 1.67 bits per heavy atom. The van der Waals surface area contributed by atoms with Crippen molar-refractivity contribution in [3.05, 3.63) is 23.3 Å². The maximum absolute atomic E-state index is 5.26. The molecule has 0 unspecified atom stereocenters. The number of hydrogen-bond donors (Lipinski definition) is 1. The molecule has 0 saturated carbocycles. The van der Waals surface area contributed by atoms with Gasteiger partial charge in [0.1, 0.15) is 11.5 Å². The summed E-state index contributed by atoms with van der Waals surface area (Å²) in [4.78, 5) is 4.62. The summed E-state index contributed by atoms with van der Waals surface area (Å²) >= 11 is 0. The molecule has 0 aliphatic carbocycles. The maximum Gasteiger partial charge on any atom is 0.128 e. The zero-order valence-electron chi connectivity index (χ0n) is 9.37. The van der Waals surface area contributed by atoms with Crippen LogP contribution in [-0.2, 0) is 17.9 Å². The van der Waals surface area contributed by atoms with Crippen LogP contribution in [0.3, 0.4) is 0 Å². The predicted molar refractivity (Wildman–Crippen MR) is 57.9 cm³/mol. The van der Waals surface area contributed by atoms with Crippen LogP contribution in [0.4, 0.5) is 0 Å². The van der Waals surface area contributed by atoms with E-state index in [0.29, 0.717) is 6.61 Å². The van der Waals surface area contributed by atoms with Crippen LogP contribution in [0.1, 0.15) is 18.1 Å². The Morgan fingerprint density at radius 1 is 1.07 bits per heavy atom. The van der Waals surface area contributed by atoms with Gasteiger partial charge in [-0.1, -0.05) is 6.92 Å². The number of hydrogen-bond acceptors (Lipinski definition) is 4. The van der Waals surface area contributed by atoms with Gasteiger partial charge in [-0.15, -0.1) is 0 Å². The number of ether oxygens (including phenoxy) is 2. The average Bonchev–Trinajstić information content (AvgIpc) is 2.28. The highest BCUT2D eigenvalue weighted by molar-refractivity contribution is 5.46. The van der Waals surface area contributed by atoms with Crippen LogP contribution in [0, 0.1) is 0 Å². The number of methoxy groups -OCH3 is 2. The third-order valence-corrected chi connectivity index (χ3v) is 2.30. The van der Waals surface area contributed by atoms with Crippen LogP contribution >= 0.6 is 0 Å². The van der Waals surface area contributed by atoms with Crippen molar-refractivity contribution in [1.82, 2.24) is 0 Å². The highest BCUT2D eigenvalue weighted by Crippen LogP contribution is 2.29. The molecule has 0 amide bonds. The van der Waals surface area contributed by atoms with Gasteiger partial charge in [0.25, 0.3) is 0 Å². The number of aryl methyl sites for hydroxylation is 1. The molecule has 0 heterocycles. The zero-order valence-corrected chi connectivity index (χ0v) is 9.37. The van der Waals surface area contributed by atoms with Gasteiger partial charge in [-0.05, 0) is 18.1 Å². The Kier molecular flexibility index (Phi) is 4.39. The second-order valence-electron chi connectivity index (χ2n) is 3.14. The van der Waals surface area contributed by atoms with Gasteiger partial charge in [-0.2, -0.15) is 0 Å². The molecule has 1 aromatic carbocycles. The van der Waals surface area contributed by atoms with Crippen molar-refractivity contribution >= 4 is 0 Å². The van der Waals surface area contributed by atoms with E-state index in [1.165, 1.54) is 0 Å². The molecular weight excluding hydrogens is 194 g/mol. The molecule has 0 saturated heterocycles. The van der Waals surface area contributed by atoms with Crippen LogP contribution in [0.2, 0.25) is 0 Å². The lowest BCUT2D eigenvalue weighted by Gasteiger charge is -2.13. The van der Waals surface area contributed by atoms with Gasteiger partial charge >= 0.3 is 0 Å². The molecule has 1 rings (SSSR count). The summed E-state index contributed by atoms with van der Waals surface area (Å²) in [7, 11) is 3.26. The van der Waals surface area contributed by atoms with E-state index >= 15 is 0 Å². The van der Waals surface area contributed by atoms with E-state index in [1.807, 2.05) is 12.1 Å². The molecule has 2 N–H and O–H groups in total. The van der Waals surface area contributed by atoms with Crippen molar-refractivity contribution in [2.45, 2.75) is 20.0 Å². The zero-order chi connectivity index (χ0) is 11.3. The van der Waals surface area contributed by atoms with E-state index in [4.69, 9.17) is 15.4 Å². The van der Waals surface area contributed by atoms with Crippen molar-refractivity contribution in [1.29, 1.82) is 0 Å². The number of benzene rings is 1. The minimum absolute atomic E-state index is 0.333. The minimum atomic E-state index is 0.333. The third kappa shape index (κ3) is 2.61. The van der Waals surface area contributed by atoms with E-state index < -0.39 is 0 Å². The second-order valence-corrected chi connectivity index (χ2v) is 3.14. The molecule has 0 atom stereocenters. The summed E-state index contributed by atoms with van der Waals surface area (Å²) in [6.45, 7) is 2.40. The van der Waals surface area contributed by atoms with E-state index in [2.05, 4.69) is 11.8 Å². The smallest absolute Gasteiger partial charge is 0.128 e. The topological polar surface area (TPSA) is 53.7 Å². The molecule has 4 heteroatoms. The lowest BCUT2D eigenvalue weighted by molar-refractivity contribution is 0.122. The van der Waals surface area contributed by atoms with Crippen LogP contribution < -0.4 is 15.4 Å². The highest BCUT2D eigenvalue weighted by Gasteiger charge is 2.09. The van der Waals surface area contributed by atoms with Crippen LogP contribution in [-0.4, -0.2) is 14.2 Å². The summed E-state index contributed by atoms with van der Waals surface area (Å²) in [6.07, 6.45) is 0.894. The first-order valence-electron chi connectivity index (χ1n) is 4.82. The lowest BCUT2D eigenvalue weighted by atomic mass is 10.1. The molecule has 0 aromatic heterocycles. The van der Waals surface area contributed by atoms with Crippen LogP contribution in [0.25, 0.3) is 0 Å². The Balaban J connectivity index is 3.15.